The van der Waals surface area contributed by atoms with Gasteiger partial charge in [0.1, 0.15) is 5.75 Å². The lowest BCUT2D eigenvalue weighted by Crippen LogP contribution is -2.46. The minimum atomic E-state index is -4.54. The molecule has 0 radical (unpaired) electrons. The molecule has 1 aliphatic rings. The molecule has 1 aliphatic heterocycles. The van der Waals surface area contributed by atoms with Gasteiger partial charge in [0.2, 0.25) is 0 Å². The van der Waals surface area contributed by atoms with Crippen molar-refractivity contribution in [2.45, 2.75) is 19.0 Å². The maximum absolute atomic E-state index is 13.2. The Bertz CT molecular complexity index is 873. The summed E-state index contributed by atoms with van der Waals surface area (Å²) in [5.41, 5.74) is 0.336. The van der Waals surface area contributed by atoms with E-state index in [0.29, 0.717) is 38.5 Å². The van der Waals surface area contributed by atoms with Crippen molar-refractivity contribution in [3.05, 3.63) is 53.6 Å². The zero-order valence-corrected chi connectivity index (χ0v) is 18.0. The van der Waals surface area contributed by atoms with Crippen LogP contribution in [-0.2, 0) is 6.18 Å². The lowest BCUT2D eigenvalue weighted by atomic mass is 10.1. The number of unbranched alkanes of at least 4 members (excludes halogenated alkanes) is 1. The Labute approximate surface area is 183 Å². The van der Waals surface area contributed by atoms with Gasteiger partial charge in [0.05, 0.1) is 23.8 Å². The average molecular weight is 482 g/mol. The second-order valence-electron chi connectivity index (χ2n) is 7.05. The first-order valence-electron chi connectivity index (χ1n) is 9.82. The zero-order chi connectivity index (χ0) is 21.6. The topological polar surface area (TPSA) is 39.5 Å². The highest BCUT2D eigenvalue weighted by Crippen LogP contribution is 2.34. The first-order valence-corrected chi connectivity index (χ1v) is 10.9. The third-order valence-corrected chi connectivity index (χ3v) is 5.63. The van der Waals surface area contributed by atoms with Crippen molar-refractivity contribution >= 4 is 27.3 Å². The Morgan fingerprint density at radius 1 is 0.933 bits per heavy atom. The van der Waals surface area contributed by atoms with Gasteiger partial charge in [-0.25, -0.2) is 0 Å². The van der Waals surface area contributed by atoms with E-state index in [4.69, 9.17) is 10.00 Å². The molecular weight excluding hydrogens is 459 g/mol. The highest BCUT2D eigenvalue weighted by molar-refractivity contribution is 9.09. The number of piperazine rings is 1. The Morgan fingerprint density at radius 3 is 2.10 bits per heavy atom. The summed E-state index contributed by atoms with van der Waals surface area (Å²) in [5.74, 6) is 0.837. The number of benzene rings is 2. The fraction of sp³-hybridized carbons (Fsp3) is 0.409. The first-order chi connectivity index (χ1) is 14.4. The molecule has 3 rings (SSSR count). The van der Waals surface area contributed by atoms with Gasteiger partial charge in [-0.3, -0.25) is 0 Å². The Hall–Kier alpha value is -2.40. The summed E-state index contributed by atoms with van der Waals surface area (Å²) in [7, 11) is 0. The van der Waals surface area contributed by atoms with Crippen LogP contribution in [0.4, 0.5) is 24.5 Å². The van der Waals surface area contributed by atoms with Crippen molar-refractivity contribution < 1.29 is 17.9 Å². The van der Waals surface area contributed by atoms with Crippen molar-refractivity contribution in [1.29, 1.82) is 5.26 Å². The van der Waals surface area contributed by atoms with Gasteiger partial charge in [-0.1, -0.05) is 15.9 Å². The summed E-state index contributed by atoms with van der Waals surface area (Å²) in [6, 6.07) is 13.5. The number of nitriles is 1. The molecular formula is C22H23BrF3N3O. The Morgan fingerprint density at radius 2 is 1.53 bits per heavy atom. The average Bonchev–Trinajstić information content (AvgIpc) is 2.76. The van der Waals surface area contributed by atoms with E-state index >= 15 is 0 Å². The highest BCUT2D eigenvalue weighted by Gasteiger charge is 2.34. The lowest BCUT2D eigenvalue weighted by Gasteiger charge is -2.37. The molecule has 2 aromatic rings. The molecule has 1 heterocycles. The van der Waals surface area contributed by atoms with Crippen molar-refractivity contribution in [3.8, 4) is 11.8 Å². The van der Waals surface area contributed by atoms with E-state index in [1.165, 1.54) is 6.07 Å². The Kier molecular flexibility index (Phi) is 7.48. The summed E-state index contributed by atoms with van der Waals surface area (Å²) in [5, 5.41) is 9.93. The van der Waals surface area contributed by atoms with E-state index in [-0.39, 0.29) is 5.56 Å². The summed E-state index contributed by atoms with van der Waals surface area (Å²) < 4.78 is 45.4. The first kappa shape index (κ1) is 22.3. The summed E-state index contributed by atoms with van der Waals surface area (Å²) in [6.07, 6.45) is -2.46. The maximum atomic E-state index is 13.2. The van der Waals surface area contributed by atoms with Crippen LogP contribution in [0.25, 0.3) is 0 Å². The van der Waals surface area contributed by atoms with Crippen LogP contribution in [0, 0.1) is 11.3 Å². The van der Waals surface area contributed by atoms with E-state index in [1.807, 2.05) is 29.2 Å². The fourth-order valence-electron chi connectivity index (χ4n) is 3.42. The molecule has 30 heavy (non-hydrogen) atoms. The number of hydrogen-bond donors (Lipinski definition) is 0. The van der Waals surface area contributed by atoms with Crippen LogP contribution in [0.1, 0.15) is 24.0 Å². The van der Waals surface area contributed by atoms with Crippen LogP contribution >= 0.6 is 15.9 Å². The molecule has 0 unspecified atom stereocenters. The summed E-state index contributed by atoms with van der Waals surface area (Å²) in [6.45, 7) is 3.30. The highest BCUT2D eigenvalue weighted by atomic mass is 79.9. The third kappa shape index (κ3) is 5.60. The molecule has 0 N–H and O–H groups in total. The predicted molar refractivity (Wildman–Crippen MR) is 116 cm³/mol. The van der Waals surface area contributed by atoms with Crippen molar-refractivity contribution in [2.75, 3.05) is 47.9 Å². The third-order valence-electron chi connectivity index (χ3n) is 5.07. The minimum absolute atomic E-state index is 0.348. The quantitative estimate of drug-likeness (QED) is 0.388. The molecule has 160 valence electrons. The van der Waals surface area contributed by atoms with Gasteiger partial charge in [0.15, 0.2) is 0 Å². The molecule has 0 saturated carbocycles. The predicted octanol–water partition coefficient (Wildman–Crippen LogP) is 5.46. The zero-order valence-electron chi connectivity index (χ0n) is 16.5. The van der Waals surface area contributed by atoms with Gasteiger partial charge >= 0.3 is 6.18 Å². The van der Waals surface area contributed by atoms with Crippen LogP contribution in [0.2, 0.25) is 0 Å². The van der Waals surface area contributed by atoms with Crippen molar-refractivity contribution in [3.63, 3.8) is 0 Å². The van der Waals surface area contributed by atoms with Gasteiger partial charge < -0.3 is 14.5 Å². The second kappa shape index (κ2) is 10.1. The second-order valence-corrected chi connectivity index (χ2v) is 7.84. The number of alkyl halides is 4. The molecule has 8 heteroatoms. The van der Waals surface area contributed by atoms with Crippen LogP contribution in [0.3, 0.4) is 0 Å². The van der Waals surface area contributed by atoms with Gasteiger partial charge in [0.25, 0.3) is 0 Å². The number of anilines is 2. The van der Waals surface area contributed by atoms with E-state index in [2.05, 4.69) is 20.8 Å². The van der Waals surface area contributed by atoms with Crippen LogP contribution in [0.15, 0.2) is 42.5 Å². The standard InChI is InChI=1S/C22H23BrF3N3O/c23-9-1-2-14-30-20-7-5-18(6-8-20)28-10-12-29(13-11-28)19-4-3-17(16-27)21(15-19)22(24,25)26/h3-8,15H,1-2,9-14H2. The maximum Gasteiger partial charge on any atom is 0.417 e. The van der Waals surface area contributed by atoms with Crippen LogP contribution in [-0.4, -0.2) is 38.1 Å². The summed E-state index contributed by atoms with van der Waals surface area (Å²) >= 11 is 3.40. The van der Waals surface area contributed by atoms with Crippen LogP contribution < -0.4 is 14.5 Å². The van der Waals surface area contributed by atoms with Gasteiger partial charge in [0, 0.05) is 42.9 Å². The van der Waals surface area contributed by atoms with Crippen molar-refractivity contribution in [2.24, 2.45) is 0 Å². The molecule has 0 bridgehead atoms. The molecule has 0 atom stereocenters. The fourth-order valence-corrected chi connectivity index (χ4v) is 3.82. The SMILES string of the molecule is N#Cc1ccc(N2CCN(c3ccc(OCCCCBr)cc3)CC2)cc1C(F)(F)F. The van der Waals surface area contributed by atoms with E-state index < -0.39 is 11.7 Å². The Balaban J connectivity index is 1.59. The molecule has 0 spiro atoms. The molecule has 0 aromatic heterocycles. The molecule has 0 amide bonds. The number of rotatable bonds is 7. The molecule has 1 fully saturated rings. The number of nitrogens with zero attached hydrogens (tertiary/aromatic N) is 3. The summed E-state index contributed by atoms with van der Waals surface area (Å²) in [4.78, 5) is 4.13. The van der Waals surface area contributed by atoms with Crippen molar-refractivity contribution in [1.82, 2.24) is 0 Å². The lowest BCUT2D eigenvalue weighted by molar-refractivity contribution is -0.137. The van der Waals surface area contributed by atoms with Gasteiger partial charge in [-0.2, -0.15) is 18.4 Å². The van der Waals surface area contributed by atoms with E-state index in [1.54, 1.807) is 12.1 Å². The molecule has 0 aliphatic carbocycles. The molecule has 4 nitrogen and oxygen atoms in total. The number of ether oxygens (including phenoxy) is 1. The number of halogens is 4. The smallest absolute Gasteiger partial charge is 0.417 e. The van der Waals surface area contributed by atoms with Gasteiger partial charge in [-0.15, -0.1) is 0 Å². The van der Waals surface area contributed by atoms with E-state index in [9.17, 15) is 13.2 Å². The largest absolute Gasteiger partial charge is 0.494 e. The monoisotopic (exact) mass is 481 g/mol. The molecule has 2 aromatic carbocycles. The van der Waals surface area contributed by atoms with Crippen LogP contribution in [0.5, 0.6) is 5.75 Å². The number of hydrogen-bond acceptors (Lipinski definition) is 4. The van der Waals surface area contributed by atoms with Gasteiger partial charge in [-0.05, 0) is 55.3 Å². The molecule has 1 saturated heterocycles. The normalized spacial score (nSPS) is 14.5. The van der Waals surface area contributed by atoms with E-state index in [0.717, 1.165) is 35.7 Å². The minimum Gasteiger partial charge on any atom is -0.494 e.